The highest BCUT2D eigenvalue weighted by Crippen LogP contribution is 2.17. The van der Waals surface area contributed by atoms with Crippen LogP contribution in [0.15, 0.2) is 0 Å². The molecule has 0 aromatic heterocycles. The van der Waals surface area contributed by atoms with Crippen molar-refractivity contribution in [3.63, 3.8) is 0 Å². The number of ether oxygens (including phenoxy) is 3. The second-order valence-corrected chi connectivity index (χ2v) is 18.6. The molecule has 0 aliphatic rings. The molecule has 59 heavy (non-hydrogen) atoms. The van der Waals surface area contributed by atoms with Gasteiger partial charge in [-0.05, 0) is 25.2 Å². The van der Waals surface area contributed by atoms with Gasteiger partial charge in [-0.15, -0.1) is 0 Å². The highest BCUT2D eigenvalue weighted by Gasteiger charge is 2.19. The van der Waals surface area contributed by atoms with Gasteiger partial charge in [0.25, 0.3) is 0 Å². The van der Waals surface area contributed by atoms with Gasteiger partial charge >= 0.3 is 17.9 Å². The van der Waals surface area contributed by atoms with Crippen LogP contribution >= 0.6 is 0 Å². The summed E-state index contributed by atoms with van der Waals surface area (Å²) in [5.74, 6) is -0.0143. The number of carbonyl (C=O) groups excluding carboxylic acids is 3. The monoisotopic (exact) mass is 835 g/mol. The first-order chi connectivity index (χ1) is 28.9. The van der Waals surface area contributed by atoms with Crippen LogP contribution < -0.4 is 0 Å². The highest BCUT2D eigenvalue weighted by molar-refractivity contribution is 5.71. The molecule has 0 aliphatic carbocycles. The molecule has 0 aromatic rings. The number of carbonyl (C=O) groups is 3. The third-order valence-electron chi connectivity index (χ3n) is 12.0. The molecule has 0 heterocycles. The predicted octanol–water partition coefficient (Wildman–Crippen LogP) is 17.1. The number of unbranched alkanes of at least 4 members (excludes halogenated alkanes) is 35. The fourth-order valence-corrected chi connectivity index (χ4v) is 8.04. The van der Waals surface area contributed by atoms with Crippen LogP contribution in [0.3, 0.4) is 0 Å². The maximum atomic E-state index is 12.6. The first-order valence-corrected chi connectivity index (χ1v) is 26.4. The van der Waals surface area contributed by atoms with Crippen LogP contribution in [0.2, 0.25) is 0 Å². The van der Waals surface area contributed by atoms with E-state index in [4.69, 9.17) is 14.2 Å². The molecule has 0 bridgehead atoms. The van der Waals surface area contributed by atoms with E-state index in [0.717, 1.165) is 70.1 Å². The Kier molecular flexibility index (Phi) is 46.2. The molecule has 0 spiro atoms. The molecule has 6 heteroatoms. The first-order valence-electron chi connectivity index (χ1n) is 26.4. The van der Waals surface area contributed by atoms with Crippen LogP contribution in [0, 0.1) is 5.92 Å². The number of hydrogen-bond acceptors (Lipinski definition) is 6. The van der Waals surface area contributed by atoms with E-state index in [1.165, 1.54) is 186 Å². The molecule has 0 N–H and O–H groups in total. The Balaban J connectivity index is 4.03. The first kappa shape index (κ1) is 57.4. The summed E-state index contributed by atoms with van der Waals surface area (Å²) in [4.78, 5) is 37.7. The molecule has 0 radical (unpaired) electrons. The van der Waals surface area contributed by atoms with Gasteiger partial charge in [-0.25, -0.2) is 0 Å². The zero-order chi connectivity index (χ0) is 43.1. The molecule has 0 rings (SSSR count). The maximum Gasteiger partial charge on any atom is 0.306 e. The van der Waals surface area contributed by atoms with Crippen molar-refractivity contribution in [1.29, 1.82) is 0 Å². The van der Waals surface area contributed by atoms with E-state index in [2.05, 4.69) is 27.7 Å². The Morgan fingerprint density at radius 2 is 0.559 bits per heavy atom. The smallest absolute Gasteiger partial charge is 0.306 e. The fraction of sp³-hybridized carbons (Fsp3) is 0.943. The molecule has 0 aromatic carbocycles. The van der Waals surface area contributed by atoms with Crippen LogP contribution in [0.5, 0.6) is 0 Å². The lowest BCUT2D eigenvalue weighted by atomic mass is 10.0. The van der Waals surface area contributed by atoms with E-state index in [1.54, 1.807) is 0 Å². The van der Waals surface area contributed by atoms with E-state index in [0.29, 0.717) is 19.3 Å². The molecule has 0 saturated heterocycles. The van der Waals surface area contributed by atoms with Gasteiger partial charge in [0.05, 0.1) is 0 Å². The van der Waals surface area contributed by atoms with Gasteiger partial charge in [-0.3, -0.25) is 14.4 Å². The minimum atomic E-state index is -0.758. The molecule has 0 saturated carbocycles. The minimum absolute atomic E-state index is 0.0642. The Hall–Kier alpha value is -1.59. The average Bonchev–Trinajstić information content (AvgIpc) is 3.22. The van der Waals surface area contributed by atoms with E-state index in [1.807, 2.05) is 0 Å². The van der Waals surface area contributed by atoms with Gasteiger partial charge in [0.1, 0.15) is 13.2 Å². The van der Waals surface area contributed by atoms with Crippen LogP contribution in [-0.2, 0) is 28.6 Å². The third kappa shape index (κ3) is 47.3. The zero-order valence-corrected chi connectivity index (χ0v) is 40.2. The topological polar surface area (TPSA) is 78.9 Å². The van der Waals surface area contributed by atoms with Gasteiger partial charge in [-0.2, -0.15) is 0 Å². The summed E-state index contributed by atoms with van der Waals surface area (Å²) in [6.07, 6.45) is 49.9. The summed E-state index contributed by atoms with van der Waals surface area (Å²) >= 11 is 0. The summed E-state index contributed by atoms with van der Waals surface area (Å²) in [6, 6.07) is 0. The number of esters is 3. The van der Waals surface area contributed by atoms with Crippen LogP contribution in [-0.4, -0.2) is 37.2 Å². The molecule has 0 fully saturated rings. The SMILES string of the molecule is CCCCCCCCCCCCCCCCCCCCCC(=O)OC[C@@H](COC(=O)CCCCCCCCCCCCCCCCC(C)C)OC(=O)CCCCCCC. The van der Waals surface area contributed by atoms with Crippen molar-refractivity contribution in [1.82, 2.24) is 0 Å². The lowest BCUT2D eigenvalue weighted by Crippen LogP contribution is -2.30. The standard InChI is InChI=1S/C53H102O6/c1-5-7-9-11-12-13-14-15-16-17-18-19-20-24-27-30-33-37-40-44-51(54)57-47-50(59-53(56)46-42-35-10-8-6-2)48-58-52(55)45-41-38-34-31-28-25-22-21-23-26-29-32-36-39-43-49(3)4/h49-50H,5-48H2,1-4H3/t50-/m0/s1. The molecule has 0 aliphatic heterocycles. The van der Waals surface area contributed by atoms with Crippen molar-refractivity contribution in [3.8, 4) is 0 Å². The average molecular weight is 835 g/mol. The van der Waals surface area contributed by atoms with E-state index >= 15 is 0 Å². The van der Waals surface area contributed by atoms with E-state index in [-0.39, 0.29) is 31.1 Å². The predicted molar refractivity (Wildman–Crippen MR) is 252 cm³/mol. The van der Waals surface area contributed by atoms with Crippen molar-refractivity contribution in [2.24, 2.45) is 5.92 Å². The molecule has 0 amide bonds. The third-order valence-corrected chi connectivity index (χ3v) is 12.0. The molecule has 0 unspecified atom stereocenters. The van der Waals surface area contributed by atoms with Gasteiger partial charge in [0.15, 0.2) is 6.10 Å². The fourth-order valence-electron chi connectivity index (χ4n) is 8.04. The lowest BCUT2D eigenvalue weighted by molar-refractivity contribution is -0.167. The van der Waals surface area contributed by atoms with E-state index in [9.17, 15) is 14.4 Å². The largest absolute Gasteiger partial charge is 0.462 e. The minimum Gasteiger partial charge on any atom is -0.462 e. The van der Waals surface area contributed by atoms with Crippen LogP contribution in [0.4, 0.5) is 0 Å². The Bertz CT molecular complexity index is 887. The Morgan fingerprint density at radius 1 is 0.322 bits per heavy atom. The maximum absolute atomic E-state index is 12.6. The van der Waals surface area contributed by atoms with Crippen molar-refractivity contribution in [2.75, 3.05) is 13.2 Å². The highest BCUT2D eigenvalue weighted by atomic mass is 16.6. The Labute approximate surface area is 368 Å². The van der Waals surface area contributed by atoms with Crippen molar-refractivity contribution in [2.45, 2.75) is 303 Å². The molecule has 1 atom stereocenters. The quantitative estimate of drug-likeness (QED) is 0.0345. The van der Waals surface area contributed by atoms with Crippen LogP contribution in [0.1, 0.15) is 297 Å². The summed E-state index contributed by atoms with van der Waals surface area (Å²) in [7, 11) is 0. The van der Waals surface area contributed by atoms with E-state index < -0.39 is 6.10 Å². The summed E-state index contributed by atoms with van der Waals surface area (Å²) in [5.41, 5.74) is 0. The molecular formula is C53H102O6. The second-order valence-electron chi connectivity index (χ2n) is 18.6. The molecular weight excluding hydrogens is 733 g/mol. The van der Waals surface area contributed by atoms with Gasteiger partial charge in [-0.1, -0.05) is 259 Å². The Morgan fingerprint density at radius 3 is 0.831 bits per heavy atom. The van der Waals surface area contributed by atoms with Crippen molar-refractivity contribution < 1.29 is 28.6 Å². The normalized spacial score (nSPS) is 11.9. The van der Waals surface area contributed by atoms with Crippen molar-refractivity contribution >= 4 is 17.9 Å². The van der Waals surface area contributed by atoms with Gasteiger partial charge in [0, 0.05) is 19.3 Å². The van der Waals surface area contributed by atoms with Gasteiger partial charge < -0.3 is 14.2 Å². The molecule has 350 valence electrons. The second kappa shape index (κ2) is 47.5. The zero-order valence-electron chi connectivity index (χ0n) is 40.2. The lowest BCUT2D eigenvalue weighted by Gasteiger charge is -2.18. The molecule has 6 nitrogen and oxygen atoms in total. The van der Waals surface area contributed by atoms with Crippen molar-refractivity contribution in [3.05, 3.63) is 0 Å². The van der Waals surface area contributed by atoms with Crippen LogP contribution in [0.25, 0.3) is 0 Å². The number of rotatable bonds is 48. The number of hydrogen-bond donors (Lipinski definition) is 0. The van der Waals surface area contributed by atoms with Gasteiger partial charge in [0.2, 0.25) is 0 Å². The summed E-state index contributed by atoms with van der Waals surface area (Å²) < 4.78 is 16.7. The summed E-state index contributed by atoms with van der Waals surface area (Å²) in [5, 5.41) is 0. The summed E-state index contributed by atoms with van der Waals surface area (Å²) in [6.45, 7) is 8.96.